The molecule has 0 aliphatic carbocycles. The standard InChI is InChI=1S/C17H18O3/c1-3-5-6-12-20-16-10-8-14(9-11-16)15(7-4-2)13-17(18)19/h8-11,15H,3,12-13H2,1-2H3,(H,18,19)/t15-/m1/s1. The summed E-state index contributed by atoms with van der Waals surface area (Å²) in [4.78, 5) is 10.8. The summed E-state index contributed by atoms with van der Waals surface area (Å²) in [6, 6.07) is 7.32. The molecule has 1 aromatic carbocycles. The second-order valence-electron chi connectivity index (χ2n) is 4.11. The quantitative estimate of drug-likeness (QED) is 0.836. The Morgan fingerprint density at radius 1 is 1.30 bits per heavy atom. The monoisotopic (exact) mass is 270 g/mol. The normalized spacial score (nSPS) is 10.5. The van der Waals surface area contributed by atoms with Crippen molar-refractivity contribution in [3.05, 3.63) is 29.8 Å². The topological polar surface area (TPSA) is 46.5 Å². The van der Waals surface area contributed by atoms with Gasteiger partial charge in [-0.15, -0.1) is 11.8 Å². The van der Waals surface area contributed by atoms with E-state index in [-0.39, 0.29) is 12.3 Å². The summed E-state index contributed by atoms with van der Waals surface area (Å²) in [7, 11) is 0. The summed E-state index contributed by atoms with van der Waals surface area (Å²) in [5.74, 6) is 11.1. The number of carbonyl (C=O) groups is 1. The number of benzene rings is 1. The minimum atomic E-state index is -0.854. The Morgan fingerprint density at radius 2 is 2.00 bits per heavy atom. The zero-order valence-corrected chi connectivity index (χ0v) is 11.8. The molecule has 3 nitrogen and oxygen atoms in total. The SMILES string of the molecule is CC#C[C@H](CC(=O)O)c1ccc(OCC#CCC)cc1. The molecule has 0 heterocycles. The lowest BCUT2D eigenvalue weighted by molar-refractivity contribution is -0.137. The molecule has 1 rings (SSSR count). The number of hydrogen-bond acceptors (Lipinski definition) is 2. The van der Waals surface area contributed by atoms with E-state index in [1.54, 1.807) is 6.92 Å². The van der Waals surface area contributed by atoms with Crippen LogP contribution in [0.2, 0.25) is 0 Å². The number of hydrogen-bond donors (Lipinski definition) is 1. The third-order valence-electron chi connectivity index (χ3n) is 2.59. The summed E-state index contributed by atoms with van der Waals surface area (Å²) in [5, 5.41) is 8.89. The molecule has 0 saturated carbocycles. The van der Waals surface area contributed by atoms with Gasteiger partial charge in [0.2, 0.25) is 0 Å². The molecule has 0 unspecified atom stereocenters. The minimum absolute atomic E-state index is 0.00300. The molecule has 1 atom stereocenters. The molecule has 104 valence electrons. The van der Waals surface area contributed by atoms with Gasteiger partial charge in [0.25, 0.3) is 0 Å². The maximum atomic E-state index is 10.8. The molecule has 0 amide bonds. The molecule has 0 aromatic heterocycles. The summed E-state index contributed by atoms with van der Waals surface area (Å²) >= 11 is 0. The molecule has 0 aliphatic heterocycles. The first kappa shape index (κ1) is 15.7. The predicted octanol–water partition coefficient (Wildman–Crippen LogP) is 3.06. The van der Waals surface area contributed by atoms with Crippen molar-refractivity contribution in [2.75, 3.05) is 6.61 Å². The summed E-state index contributed by atoms with van der Waals surface area (Å²) < 4.78 is 5.46. The zero-order chi connectivity index (χ0) is 14.8. The Balaban J connectivity index is 2.71. The van der Waals surface area contributed by atoms with Crippen LogP contribution >= 0.6 is 0 Å². The van der Waals surface area contributed by atoms with E-state index in [4.69, 9.17) is 9.84 Å². The van der Waals surface area contributed by atoms with Gasteiger partial charge < -0.3 is 9.84 Å². The van der Waals surface area contributed by atoms with Crippen LogP contribution in [0, 0.1) is 23.7 Å². The Morgan fingerprint density at radius 3 is 2.55 bits per heavy atom. The van der Waals surface area contributed by atoms with Crippen LogP contribution < -0.4 is 4.74 Å². The van der Waals surface area contributed by atoms with Crippen molar-refractivity contribution in [3.8, 4) is 29.4 Å². The molecule has 1 N–H and O–H groups in total. The second kappa shape index (κ2) is 8.67. The first-order valence-electron chi connectivity index (χ1n) is 6.50. The highest BCUT2D eigenvalue weighted by Gasteiger charge is 2.12. The fourth-order valence-electron chi connectivity index (χ4n) is 1.69. The Hall–Kier alpha value is -2.39. The molecule has 0 radical (unpaired) electrons. The number of rotatable bonds is 5. The third kappa shape index (κ3) is 5.50. The van der Waals surface area contributed by atoms with Gasteiger partial charge in [0.05, 0.1) is 12.3 Å². The van der Waals surface area contributed by atoms with Gasteiger partial charge in [-0.3, -0.25) is 4.79 Å². The minimum Gasteiger partial charge on any atom is -0.481 e. The molecule has 0 aliphatic rings. The lowest BCUT2D eigenvalue weighted by Gasteiger charge is -2.09. The molecule has 3 heteroatoms. The predicted molar refractivity (Wildman–Crippen MR) is 78.4 cm³/mol. The fraction of sp³-hybridized carbons (Fsp3) is 0.353. The van der Waals surface area contributed by atoms with E-state index in [1.165, 1.54) is 0 Å². The van der Waals surface area contributed by atoms with Crippen LogP contribution in [0.25, 0.3) is 0 Å². The summed E-state index contributed by atoms with van der Waals surface area (Å²) in [6.45, 7) is 4.05. The molecular formula is C17H18O3. The van der Waals surface area contributed by atoms with Crippen molar-refractivity contribution in [1.82, 2.24) is 0 Å². The van der Waals surface area contributed by atoms with Crippen LogP contribution in [0.15, 0.2) is 24.3 Å². The molecule has 0 fully saturated rings. The first-order valence-corrected chi connectivity index (χ1v) is 6.50. The van der Waals surface area contributed by atoms with Crippen LogP contribution in [0.1, 0.15) is 38.2 Å². The van der Waals surface area contributed by atoms with Gasteiger partial charge in [-0.1, -0.05) is 30.9 Å². The second-order valence-corrected chi connectivity index (χ2v) is 4.11. The third-order valence-corrected chi connectivity index (χ3v) is 2.59. The summed E-state index contributed by atoms with van der Waals surface area (Å²) in [6.07, 6.45) is 0.817. The molecule has 20 heavy (non-hydrogen) atoms. The Bertz CT molecular complexity index is 550. The van der Waals surface area contributed by atoms with E-state index in [2.05, 4.69) is 23.7 Å². The van der Waals surface area contributed by atoms with E-state index < -0.39 is 5.97 Å². The lowest BCUT2D eigenvalue weighted by Crippen LogP contribution is -2.04. The molecule has 0 bridgehead atoms. The van der Waals surface area contributed by atoms with Crippen molar-refractivity contribution >= 4 is 5.97 Å². The lowest BCUT2D eigenvalue weighted by atomic mass is 9.96. The van der Waals surface area contributed by atoms with E-state index in [0.717, 1.165) is 17.7 Å². The van der Waals surface area contributed by atoms with Gasteiger partial charge >= 0.3 is 5.97 Å². The number of carboxylic acid groups (broad SMARTS) is 1. The van der Waals surface area contributed by atoms with Crippen molar-refractivity contribution in [2.45, 2.75) is 32.6 Å². The molecule has 1 aromatic rings. The van der Waals surface area contributed by atoms with Crippen LogP contribution in [-0.2, 0) is 4.79 Å². The number of aliphatic carboxylic acids is 1. The average Bonchev–Trinajstić information content (AvgIpc) is 2.43. The number of ether oxygens (including phenoxy) is 1. The maximum Gasteiger partial charge on any atom is 0.304 e. The summed E-state index contributed by atoms with van der Waals surface area (Å²) in [5.41, 5.74) is 0.883. The van der Waals surface area contributed by atoms with Crippen molar-refractivity contribution in [2.24, 2.45) is 0 Å². The maximum absolute atomic E-state index is 10.8. The average molecular weight is 270 g/mol. The molecule has 0 spiro atoms. The van der Waals surface area contributed by atoms with Gasteiger partial charge in [0, 0.05) is 6.42 Å². The molecule has 0 saturated heterocycles. The highest BCUT2D eigenvalue weighted by molar-refractivity contribution is 5.69. The van der Waals surface area contributed by atoms with E-state index in [0.29, 0.717) is 6.61 Å². The zero-order valence-electron chi connectivity index (χ0n) is 11.8. The Kier molecular flexibility index (Phi) is 6.79. The van der Waals surface area contributed by atoms with Gasteiger partial charge in [0.1, 0.15) is 12.4 Å². The van der Waals surface area contributed by atoms with E-state index in [9.17, 15) is 4.79 Å². The Labute approximate surface area is 120 Å². The highest BCUT2D eigenvalue weighted by Crippen LogP contribution is 2.22. The molecular weight excluding hydrogens is 252 g/mol. The van der Waals surface area contributed by atoms with Crippen LogP contribution in [0.3, 0.4) is 0 Å². The van der Waals surface area contributed by atoms with Crippen molar-refractivity contribution in [1.29, 1.82) is 0 Å². The number of carboxylic acids is 1. The highest BCUT2D eigenvalue weighted by atomic mass is 16.5. The van der Waals surface area contributed by atoms with E-state index >= 15 is 0 Å². The van der Waals surface area contributed by atoms with Crippen molar-refractivity contribution in [3.63, 3.8) is 0 Å². The van der Waals surface area contributed by atoms with E-state index in [1.807, 2.05) is 31.2 Å². The van der Waals surface area contributed by atoms with Gasteiger partial charge in [-0.05, 0) is 24.6 Å². The smallest absolute Gasteiger partial charge is 0.304 e. The largest absolute Gasteiger partial charge is 0.481 e. The fourth-order valence-corrected chi connectivity index (χ4v) is 1.69. The van der Waals surface area contributed by atoms with Crippen LogP contribution in [0.5, 0.6) is 5.75 Å². The van der Waals surface area contributed by atoms with Crippen molar-refractivity contribution < 1.29 is 14.6 Å². The van der Waals surface area contributed by atoms with Crippen LogP contribution in [0.4, 0.5) is 0 Å². The van der Waals surface area contributed by atoms with Gasteiger partial charge in [-0.2, -0.15) is 0 Å². The van der Waals surface area contributed by atoms with Gasteiger partial charge in [0.15, 0.2) is 0 Å². The first-order chi connectivity index (χ1) is 9.67. The van der Waals surface area contributed by atoms with Gasteiger partial charge in [-0.25, -0.2) is 0 Å². The van der Waals surface area contributed by atoms with Crippen LogP contribution in [-0.4, -0.2) is 17.7 Å².